The van der Waals surface area contributed by atoms with Crippen molar-refractivity contribution < 1.29 is 104 Å². The molecule has 3 aliphatic rings. The number of imidazole rings is 3. The predicted octanol–water partition coefficient (Wildman–Crippen LogP) is -3.38. The van der Waals surface area contributed by atoms with E-state index in [-0.39, 0.29) is 50.9 Å². The van der Waals surface area contributed by atoms with Gasteiger partial charge in [-0.25, -0.2) is 63.1 Å². The average Bonchev–Trinajstić information content (AvgIpc) is 4.15. The predicted molar refractivity (Wildman–Crippen MR) is 225 cm³/mol. The number of hydrogen-bond donors (Lipinski definition) is 12. The second-order valence-corrected chi connectivity index (χ2v) is 21.1. The van der Waals surface area contributed by atoms with Gasteiger partial charge in [0.2, 0.25) is 0 Å². The summed E-state index contributed by atoms with van der Waals surface area (Å²) in [5.74, 6) is -0.230. The molecule has 9 heterocycles. The Hall–Kier alpha value is -4.75. The lowest BCUT2D eigenvalue weighted by atomic mass is 10.1. The fourth-order valence-electron chi connectivity index (χ4n) is 7.68. The Morgan fingerprint density at radius 3 is 1.20 bits per heavy atom. The van der Waals surface area contributed by atoms with E-state index in [9.17, 15) is 53.4 Å². The summed E-state index contributed by atoms with van der Waals surface area (Å²) in [6.07, 6.45) is -14.8. The summed E-state index contributed by atoms with van der Waals surface area (Å²) >= 11 is 0. The summed E-state index contributed by atoms with van der Waals surface area (Å²) in [7, 11) is -22.0. The third-order valence-corrected chi connectivity index (χ3v) is 15.0. The maximum Gasteiger partial charge on any atom is 0.481 e. The van der Waals surface area contributed by atoms with Gasteiger partial charge in [0.1, 0.15) is 90.5 Å². The number of nitrogens with zero attached hydrogens (tertiary/aromatic N) is 12. The maximum absolute atomic E-state index is 13.7. The van der Waals surface area contributed by atoms with Crippen LogP contribution in [0, 0.1) is 0 Å². The van der Waals surface area contributed by atoms with Crippen molar-refractivity contribution in [2.24, 2.45) is 0 Å². The molecule has 3 saturated heterocycles. The fraction of sp³-hybridized carbons (Fsp3) is 0.500. The van der Waals surface area contributed by atoms with Gasteiger partial charge in [0.25, 0.3) is 0 Å². The number of ether oxygens (including phenoxy) is 3. The van der Waals surface area contributed by atoms with Gasteiger partial charge in [0.05, 0.1) is 38.8 Å². The Bertz CT molecular complexity index is 3150. The number of aliphatic hydroxyl groups is 4. The molecule has 15 atom stereocenters. The molecule has 6 aromatic rings. The van der Waals surface area contributed by atoms with E-state index >= 15 is 0 Å². The third-order valence-electron chi connectivity index (χ3n) is 10.9. The van der Waals surface area contributed by atoms with Crippen LogP contribution in [0.2, 0.25) is 0 Å². The van der Waals surface area contributed by atoms with Crippen molar-refractivity contribution in [1.29, 1.82) is 0 Å². The van der Waals surface area contributed by atoms with Crippen molar-refractivity contribution >= 4 is 82.2 Å². The van der Waals surface area contributed by atoms with Gasteiger partial charge in [-0.2, -0.15) is 4.31 Å². The van der Waals surface area contributed by atoms with Gasteiger partial charge in [0, 0.05) is 0 Å². The van der Waals surface area contributed by atoms with E-state index in [0.29, 0.717) is 0 Å². The summed E-state index contributed by atoms with van der Waals surface area (Å²) in [6.45, 7) is -3.16. The lowest BCUT2D eigenvalue weighted by molar-refractivity contribution is -0.0644. The highest BCUT2D eigenvalue weighted by Gasteiger charge is 2.54. The largest absolute Gasteiger partial charge is 0.481 e. The number of aromatic nitrogens is 12. The number of aliphatic hydroxyl groups excluding tert-OH is 4. The smallest absolute Gasteiger partial charge is 0.387 e. The number of rotatable bonds is 18. The van der Waals surface area contributed by atoms with Gasteiger partial charge in [-0.15, -0.1) is 0 Å². The molecule has 37 nitrogen and oxygen atoms in total. The Labute approximate surface area is 393 Å². The van der Waals surface area contributed by atoms with Crippen molar-refractivity contribution in [3.63, 3.8) is 0 Å². The molecule has 0 bridgehead atoms. The molecule has 9 rings (SSSR count). The van der Waals surface area contributed by atoms with Crippen LogP contribution in [-0.4, -0.2) is 178 Å². The zero-order valence-electron chi connectivity index (χ0n) is 35.2. The zero-order chi connectivity index (χ0) is 50.9. The molecule has 6 aromatic heterocycles. The first kappa shape index (κ1) is 51.2. The molecule has 0 spiro atoms. The molecule has 3 fully saturated rings. The molecule has 0 aromatic carbocycles. The summed E-state index contributed by atoms with van der Waals surface area (Å²) in [6, 6.07) is 0. The number of phosphoric ester groups is 3. The molecular formula is C30H39N15O22P4. The first-order valence-electron chi connectivity index (χ1n) is 19.9. The van der Waals surface area contributed by atoms with Crippen molar-refractivity contribution in [2.45, 2.75) is 73.6 Å². The third kappa shape index (κ3) is 10.4. The van der Waals surface area contributed by atoms with Crippen LogP contribution in [0.15, 0.2) is 38.0 Å². The molecule has 0 amide bonds. The highest BCUT2D eigenvalue weighted by molar-refractivity contribution is 7.60. The van der Waals surface area contributed by atoms with E-state index in [0.717, 1.165) is 40.8 Å². The second-order valence-electron chi connectivity index (χ2n) is 15.4. The lowest BCUT2D eigenvalue weighted by Gasteiger charge is -2.25. The Morgan fingerprint density at radius 2 is 0.817 bits per heavy atom. The van der Waals surface area contributed by atoms with Crippen LogP contribution in [0.25, 0.3) is 33.5 Å². The summed E-state index contributed by atoms with van der Waals surface area (Å²) in [5, 5.41) is 44.6. The summed E-state index contributed by atoms with van der Waals surface area (Å²) in [5.41, 5.74) is 17.8. The van der Waals surface area contributed by atoms with E-state index in [1.54, 1.807) is 0 Å². The molecule has 0 aliphatic carbocycles. The number of hydrogen-bond acceptors (Lipinski definition) is 29. The topological polar surface area (TPSA) is 542 Å². The molecule has 386 valence electrons. The van der Waals surface area contributed by atoms with E-state index in [1.807, 2.05) is 0 Å². The first-order chi connectivity index (χ1) is 33.4. The average molecular weight is 1090 g/mol. The number of fused-ring (bicyclic) bond motifs is 3. The number of nitrogen functional groups attached to an aromatic ring is 3. The lowest BCUT2D eigenvalue weighted by Crippen LogP contribution is -2.37. The van der Waals surface area contributed by atoms with Gasteiger partial charge >= 0.3 is 31.3 Å². The molecule has 15 N–H and O–H groups in total. The van der Waals surface area contributed by atoms with Crippen LogP contribution in [0.1, 0.15) is 18.7 Å². The van der Waals surface area contributed by atoms with Gasteiger partial charge in [-0.05, 0) is 0 Å². The Kier molecular flexibility index (Phi) is 13.9. The highest BCUT2D eigenvalue weighted by atomic mass is 31.3. The van der Waals surface area contributed by atoms with Crippen molar-refractivity contribution in [2.75, 3.05) is 37.0 Å². The maximum atomic E-state index is 13.7. The molecule has 0 saturated carbocycles. The standard InChI is InChI=1S/C30H39N15O22P4/c31-22-13-25(37-4-34-22)43(7-40-13)28-19(49)16(46)10(62-28)1-59-69(53,54)65-20-17(47)11(63-29(20)44-8-41-14-23(32)35-5-38-26(14)44)2-60-70(55,56)66-21-18(48)12(3-61-71(57,58)67-68(50,51)52)64-30(21)45-9-42-15-24(33)36-6-39-27(15)45/h4-12,16-21,28-30,46-49H,1-3H2,(H,53,54)(H,55,56)(H,57,58)(H2,31,34,37)(H2,32,35,38)(H2,33,36,39)(H2,50,51,52)/t10-,11-,12-,16-,17-,18-,19?,20-,21-,28-,29-,30-/m1/s1. The Morgan fingerprint density at radius 1 is 0.479 bits per heavy atom. The molecule has 0 radical (unpaired) electrons. The SMILES string of the molecule is Nc1ncnc2c1ncn2[C@@H]1O[C@H](COP(=O)(O)O[C@@H]2[C@H](O)[C@@H](COP(=O)(O)O[C@@H]3[C@H](O)[C@@H](COP(=O)(O)OP(=O)(O)O)O[C@H]3n3cnc4c(N)ncnc43)O[C@H]2n2cnc3c(N)ncnc32)[C@@H](O)C1O. The quantitative estimate of drug-likeness (QED) is 0.0374. The van der Waals surface area contributed by atoms with Gasteiger partial charge in [-0.3, -0.25) is 36.3 Å². The molecular weight excluding hydrogens is 1050 g/mol. The van der Waals surface area contributed by atoms with Crippen LogP contribution >= 0.6 is 31.3 Å². The van der Waals surface area contributed by atoms with Crippen molar-refractivity contribution in [3.05, 3.63) is 38.0 Å². The molecule has 3 aliphatic heterocycles. The summed E-state index contributed by atoms with van der Waals surface area (Å²) in [4.78, 5) is 85.9. The minimum Gasteiger partial charge on any atom is -0.387 e. The Balaban J connectivity index is 0.917. The first-order valence-corrected chi connectivity index (χ1v) is 26.0. The van der Waals surface area contributed by atoms with Crippen molar-refractivity contribution in [3.8, 4) is 0 Å². The van der Waals surface area contributed by atoms with E-state index < -0.39 is 125 Å². The number of nitrogens with two attached hydrogens (primary N) is 3. The van der Waals surface area contributed by atoms with Gasteiger partial charge in [0.15, 0.2) is 53.1 Å². The van der Waals surface area contributed by atoms with Crippen LogP contribution in [0.4, 0.5) is 17.5 Å². The zero-order valence-corrected chi connectivity index (χ0v) is 38.8. The van der Waals surface area contributed by atoms with E-state index in [2.05, 4.69) is 53.7 Å². The minimum atomic E-state index is -5.59. The van der Waals surface area contributed by atoms with Crippen LogP contribution < -0.4 is 17.2 Å². The van der Waals surface area contributed by atoms with Crippen molar-refractivity contribution in [1.82, 2.24) is 58.6 Å². The van der Waals surface area contributed by atoms with Crippen LogP contribution in [0.5, 0.6) is 0 Å². The monoisotopic (exact) mass is 1090 g/mol. The molecule has 4 unspecified atom stereocenters. The van der Waals surface area contributed by atoms with E-state index in [1.165, 1.54) is 10.9 Å². The summed E-state index contributed by atoms with van der Waals surface area (Å²) < 4.78 is 101. The highest BCUT2D eigenvalue weighted by Crippen LogP contribution is 2.58. The fourth-order valence-corrected chi connectivity index (χ4v) is 11.1. The van der Waals surface area contributed by atoms with Gasteiger partial charge in [-0.1, -0.05) is 0 Å². The van der Waals surface area contributed by atoms with E-state index in [4.69, 9.17) is 59.3 Å². The molecule has 41 heteroatoms. The minimum absolute atomic E-state index is 0.00701. The van der Waals surface area contributed by atoms with Crippen LogP contribution in [-0.2, 0) is 59.4 Å². The number of anilines is 3. The number of phosphoric acid groups is 4. The molecule has 71 heavy (non-hydrogen) atoms. The normalized spacial score (nSPS) is 30.8. The van der Waals surface area contributed by atoms with Crippen LogP contribution in [0.3, 0.4) is 0 Å². The van der Waals surface area contributed by atoms with Gasteiger partial charge < -0.3 is 76.3 Å². The second kappa shape index (κ2) is 19.3.